The molecule has 0 spiro atoms. The van der Waals surface area contributed by atoms with Crippen molar-refractivity contribution in [3.8, 4) is 17.0 Å². The molecule has 1 aromatic carbocycles. The van der Waals surface area contributed by atoms with Crippen molar-refractivity contribution in [1.29, 1.82) is 0 Å². The number of carbonyl (C=O) groups excluding carboxylic acids is 1. The Morgan fingerprint density at radius 3 is 2.54 bits per heavy atom. The fourth-order valence-electron chi connectivity index (χ4n) is 4.50. The molecular formula is C23H29N3O2. The SMILES string of the molecule is COc1cccnc1-c1ccc(C(=O)N2CCCN(C3CCCC3)CC2)cc1. The Morgan fingerprint density at radius 1 is 1.00 bits per heavy atom. The summed E-state index contributed by atoms with van der Waals surface area (Å²) in [4.78, 5) is 22.1. The number of amides is 1. The maximum absolute atomic E-state index is 13.0. The van der Waals surface area contributed by atoms with Gasteiger partial charge in [-0.15, -0.1) is 0 Å². The van der Waals surface area contributed by atoms with Gasteiger partial charge in [-0.3, -0.25) is 14.7 Å². The van der Waals surface area contributed by atoms with E-state index in [0.717, 1.165) is 61.2 Å². The Morgan fingerprint density at radius 2 is 1.79 bits per heavy atom. The van der Waals surface area contributed by atoms with Crippen LogP contribution in [-0.2, 0) is 0 Å². The Balaban J connectivity index is 1.43. The van der Waals surface area contributed by atoms with Gasteiger partial charge in [0, 0.05) is 49.5 Å². The number of ether oxygens (including phenoxy) is 1. The predicted molar refractivity (Wildman–Crippen MR) is 111 cm³/mol. The molecule has 1 saturated heterocycles. The first kappa shape index (κ1) is 18.9. The largest absolute Gasteiger partial charge is 0.494 e. The number of benzene rings is 1. The van der Waals surface area contributed by atoms with E-state index in [1.54, 1.807) is 13.3 Å². The number of aromatic nitrogens is 1. The smallest absolute Gasteiger partial charge is 0.253 e. The van der Waals surface area contributed by atoms with Crippen molar-refractivity contribution in [1.82, 2.24) is 14.8 Å². The van der Waals surface area contributed by atoms with Gasteiger partial charge in [-0.05, 0) is 43.5 Å². The van der Waals surface area contributed by atoms with Crippen molar-refractivity contribution in [3.63, 3.8) is 0 Å². The zero-order valence-corrected chi connectivity index (χ0v) is 16.6. The molecule has 4 rings (SSSR count). The molecule has 0 bridgehead atoms. The van der Waals surface area contributed by atoms with Crippen LogP contribution in [0.1, 0.15) is 42.5 Å². The third kappa shape index (κ3) is 4.04. The van der Waals surface area contributed by atoms with E-state index >= 15 is 0 Å². The normalized spacial score (nSPS) is 18.8. The lowest BCUT2D eigenvalue weighted by atomic mass is 10.1. The van der Waals surface area contributed by atoms with Gasteiger partial charge in [-0.2, -0.15) is 0 Å². The molecule has 1 amide bonds. The zero-order chi connectivity index (χ0) is 19.3. The molecule has 1 aromatic heterocycles. The van der Waals surface area contributed by atoms with Gasteiger partial charge in [-0.1, -0.05) is 25.0 Å². The average molecular weight is 380 g/mol. The summed E-state index contributed by atoms with van der Waals surface area (Å²) in [7, 11) is 1.65. The van der Waals surface area contributed by atoms with Gasteiger partial charge in [0.1, 0.15) is 11.4 Å². The first-order valence-corrected chi connectivity index (χ1v) is 10.4. The van der Waals surface area contributed by atoms with Crippen LogP contribution in [0.3, 0.4) is 0 Å². The van der Waals surface area contributed by atoms with Crippen LogP contribution in [0.5, 0.6) is 5.75 Å². The van der Waals surface area contributed by atoms with Crippen molar-refractivity contribution < 1.29 is 9.53 Å². The third-order valence-electron chi connectivity index (χ3n) is 6.05. The molecule has 5 nitrogen and oxygen atoms in total. The maximum atomic E-state index is 13.0. The molecule has 5 heteroatoms. The Kier molecular flexibility index (Phi) is 5.91. The fourth-order valence-corrected chi connectivity index (χ4v) is 4.50. The second-order valence-corrected chi connectivity index (χ2v) is 7.75. The Hall–Kier alpha value is -2.40. The molecular weight excluding hydrogens is 350 g/mol. The van der Waals surface area contributed by atoms with Crippen molar-refractivity contribution in [2.24, 2.45) is 0 Å². The molecule has 2 aliphatic rings. The summed E-state index contributed by atoms with van der Waals surface area (Å²) in [6, 6.07) is 12.2. The third-order valence-corrected chi connectivity index (χ3v) is 6.05. The zero-order valence-electron chi connectivity index (χ0n) is 16.6. The molecule has 1 saturated carbocycles. The van der Waals surface area contributed by atoms with E-state index in [-0.39, 0.29) is 5.91 Å². The van der Waals surface area contributed by atoms with Crippen LogP contribution in [0.15, 0.2) is 42.6 Å². The van der Waals surface area contributed by atoms with Crippen molar-refractivity contribution in [2.75, 3.05) is 33.3 Å². The molecule has 0 N–H and O–H groups in total. The molecule has 2 fully saturated rings. The minimum Gasteiger partial charge on any atom is -0.494 e. The van der Waals surface area contributed by atoms with Gasteiger partial charge >= 0.3 is 0 Å². The van der Waals surface area contributed by atoms with Crippen molar-refractivity contribution in [3.05, 3.63) is 48.2 Å². The summed E-state index contributed by atoms with van der Waals surface area (Å²) in [5.74, 6) is 0.869. The number of methoxy groups -OCH3 is 1. The van der Waals surface area contributed by atoms with Crippen LogP contribution in [0.25, 0.3) is 11.3 Å². The summed E-state index contributed by atoms with van der Waals surface area (Å²) >= 11 is 0. The van der Waals surface area contributed by atoms with Crippen LogP contribution < -0.4 is 4.74 Å². The molecule has 1 aliphatic heterocycles. The molecule has 0 atom stereocenters. The molecule has 0 radical (unpaired) electrons. The summed E-state index contributed by atoms with van der Waals surface area (Å²) in [6.07, 6.45) is 8.18. The van der Waals surface area contributed by atoms with Crippen LogP contribution in [0.4, 0.5) is 0 Å². The Bertz CT molecular complexity index is 800. The number of pyridine rings is 1. The summed E-state index contributed by atoms with van der Waals surface area (Å²) < 4.78 is 5.40. The van der Waals surface area contributed by atoms with E-state index < -0.39 is 0 Å². The van der Waals surface area contributed by atoms with E-state index in [4.69, 9.17) is 4.74 Å². The molecule has 2 aromatic rings. The topological polar surface area (TPSA) is 45.7 Å². The van der Waals surface area contributed by atoms with Gasteiger partial charge < -0.3 is 9.64 Å². The van der Waals surface area contributed by atoms with Gasteiger partial charge in [0.15, 0.2) is 0 Å². The first-order chi connectivity index (χ1) is 13.8. The van der Waals surface area contributed by atoms with Gasteiger partial charge in [0.05, 0.1) is 7.11 Å². The highest BCUT2D eigenvalue weighted by Gasteiger charge is 2.26. The maximum Gasteiger partial charge on any atom is 0.253 e. The summed E-state index contributed by atoms with van der Waals surface area (Å²) in [6.45, 7) is 3.79. The monoisotopic (exact) mass is 379 g/mol. The number of carbonyl (C=O) groups is 1. The van der Waals surface area contributed by atoms with E-state index in [1.807, 2.05) is 41.3 Å². The van der Waals surface area contributed by atoms with Gasteiger partial charge in [-0.25, -0.2) is 0 Å². The van der Waals surface area contributed by atoms with E-state index in [1.165, 1.54) is 25.7 Å². The fraction of sp³-hybridized carbons (Fsp3) is 0.478. The number of hydrogen-bond donors (Lipinski definition) is 0. The second kappa shape index (κ2) is 8.74. The number of rotatable bonds is 4. The molecule has 0 unspecified atom stereocenters. The number of hydrogen-bond acceptors (Lipinski definition) is 4. The van der Waals surface area contributed by atoms with E-state index in [9.17, 15) is 4.79 Å². The molecule has 148 valence electrons. The minimum absolute atomic E-state index is 0.132. The van der Waals surface area contributed by atoms with Gasteiger partial charge in [0.2, 0.25) is 0 Å². The highest BCUT2D eigenvalue weighted by Crippen LogP contribution is 2.28. The van der Waals surface area contributed by atoms with Crippen LogP contribution >= 0.6 is 0 Å². The van der Waals surface area contributed by atoms with Crippen LogP contribution in [0, 0.1) is 0 Å². The van der Waals surface area contributed by atoms with Crippen LogP contribution in [0.2, 0.25) is 0 Å². The minimum atomic E-state index is 0.132. The molecule has 2 heterocycles. The van der Waals surface area contributed by atoms with Crippen molar-refractivity contribution >= 4 is 5.91 Å². The molecule has 28 heavy (non-hydrogen) atoms. The first-order valence-electron chi connectivity index (χ1n) is 10.4. The van der Waals surface area contributed by atoms with E-state index in [2.05, 4.69) is 9.88 Å². The van der Waals surface area contributed by atoms with E-state index in [0.29, 0.717) is 0 Å². The van der Waals surface area contributed by atoms with Crippen molar-refractivity contribution in [2.45, 2.75) is 38.1 Å². The highest BCUT2D eigenvalue weighted by molar-refractivity contribution is 5.94. The summed E-state index contributed by atoms with van der Waals surface area (Å²) in [5, 5.41) is 0. The predicted octanol–water partition coefficient (Wildman–Crippen LogP) is 3.85. The Labute approximate surface area is 167 Å². The van der Waals surface area contributed by atoms with Crippen LogP contribution in [-0.4, -0.2) is 60.0 Å². The highest BCUT2D eigenvalue weighted by atomic mass is 16.5. The lowest BCUT2D eigenvalue weighted by molar-refractivity contribution is 0.0758. The standard InChI is InChI=1S/C23H29N3O2/c1-28-21-8-4-13-24-22(21)18-9-11-19(12-10-18)23(27)26-15-5-14-25(16-17-26)20-6-2-3-7-20/h4,8-13,20H,2-3,5-7,14-17H2,1H3. The number of nitrogens with zero attached hydrogens (tertiary/aromatic N) is 3. The second-order valence-electron chi connectivity index (χ2n) is 7.75. The lowest BCUT2D eigenvalue weighted by Gasteiger charge is -2.27. The van der Waals surface area contributed by atoms with Gasteiger partial charge in [0.25, 0.3) is 5.91 Å². The average Bonchev–Trinajstić information content (AvgIpc) is 3.18. The molecule has 1 aliphatic carbocycles. The summed E-state index contributed by atoms with van der Waals surface area (Å²) in [5.41, 5.74) is 2.50. The quantitative estimate of drug-likeness (QED) is 0.810. The lowest BCUT2D eigenvalue weighted by Crippen LogP contribution is -2.38.